The Morgan fingerprint density at radius 2 is 2.29 bits per heavy atom. The lowest BCUT2D eigenvalue weighted by Gasteiger charge is -2.13. The number of nitrogens with zero attached hydrogens (tertiary/aromatic N) is 3. The fourth-order valence-corrected chi connectivity index (χ4v) is 1.98. The van der Waals surface area contributed by atoms with Crippen molar-refractivity contribution in [3.8, 4) is 0 Å². The first-order chi connectivity index (χ1) is 6.66. The van der Waals surface area contributed by atoms with Gasteiger partial charge in [-0.25, -0.2) is 4.98 Å². The number of aromatic nitrogens is 2. The highest BCUT2D eigenvalue weighted by Crippen LogP contribution is 2.22. The Hall–Kier alpha value is -0.970. The summed E-state index contributed by atoms with van der Waals surface area (Å²) in [6.07, 6.45) is 3.85. The summed E-state index contributed by atoms with van der Waals surface area (Å²) in [6, 6.07) is 0. The van der Waals surface area contributed by atoms with Crippen LogP contribution in [0.3, 0.4) is 0 Å². The van der Waals surface area contributed by atoms with Gasteiger partial charge in [0.1, 0.15) is 0 Å². The van der Waals surface area contributed by atoms with E-state index in [-0.39, 0.29) is 10.7 Å². The Labute approximate surface area is 90.5 Å². The van der Waals surface area contributed by atoms with E-state index in [1.807, 2.05) is 6.92 Å². The van der Waals surface area contributed by atoms with Crippen molar-refractivity contribution in [3.05, 3.63) is 18.1 Å². The summed E-state index contributed by atoms with van der Waals surface area (Å²) in [7, 11) is 0. The Balaban J connectivity index is 2.23. The van der Waals surface area contributed by atoms with Crippen LogP contribution < -0.4 is 4.90 Å². The molecule has 0 aliphatic carbocycles. The van der Waals surface area contributed by atoms with Gasteiger partial charge in [0.25, 0.3) is 0 Å². The van der Waals surface area contributed by atoms with Gasteiger partial charge in [-0.15, -0.1) is 0 Å². The second-order valence-electron chi connectivity index (χ2n) is 3.32. The van der Waals surface area contributed by atoms with Gasteiger partial charge in [-0.05, 0) is 6.92 Å². The second-order valence-corrected chi connectivity index (χ2v) is 4.62. The minimum atomic E-state index is 0.102. The maximum absolute atomic E-state index is 11.5. The number of halogens is 1. The fourth-order valence-electron chi connectivity index (χ4n) is 1.41. The predicted octanol–water partition coefficient (Wildman–Crippen LogP) is 1.29. The Kier molecular flexibility index (Phi) is 2.50. The first-order valence-corrected chi connectivity index (χ1v) is 5.31. The third kappa shape index (κ3) is 1.77. The number of anilines is 1. The van der Waals surface area contributed by atoms with Crippen LogP contribution in [0.5, 0.6) is 0 Å². The molecule has 1 aromatic rings. The molecule has 0 aromatic carbocycles. The van der Waals surface area contributed by atoms with Crippen molar-refractivity contribution in [1.82, 2.24) is 9.97 Å². The van der Waals surface area contributed by atoms with Crippen molar-refractivity contribution in [2.45, 2.75) is 18.2 Å². The van der Waals surface area contributed by atoms with Crippen LogP contribution >= 0.6 is 15.9 Å². The summed E-state index contributed by atoms with van der Waals surface area (Å²) in [5, 5.41) is 0. The first kappa shape index (κ1) is 9.58. The molecule has 1 fully saturated rings. The molecule has 1 unspecified atom stereocenters. The summed E-state index contributed by atoms with van der Waals surface area (Å²) in [6.45, 7) is 2.55. The highest BCUT2D eigenvalue weighted by Gasteiger charge is 2.29. The Morgan fingerprint density at radius 3 is 2.79 bits per heavy atom. The van der Waals surface area contributed by atoms with Crippen molar-refractivity contribution < 1.29 is 4.79 Å². The maximum atomic E-state index is 11.5. The van der Waals surface area contributed by atoms with E-state index in [0.29, 0.717) is 18.8 Å². The number of carbonyl (C=O) groups excluding carboxylic acids is 1. The lowest BCUT2D eigenvalue weighted by Crippen LogP contribution is -2.25. The van der Waals surface area contributed by atoms with Crippen molar-refractivity contribution in [3.63, 3.8) is 0 Å². The molecular formula is C9H10BrN3O. The number of carbonyl (C=O) groups is 1. The van der Waals surface area contributed by atoms with Gasteiger partial charge in [-0.3, -0.25) is 14.7 Å². The van der Waals surface area contributed by atoms with Crippen molar-refractivity contribution in [1.29, 1.82) is 0 Å². The quantitative estimate of drug-likeness (QED) is 0.711. The number of hydrogen-bond acceptors (Lipinski definition) is 3. The zero-order valence-corrected chi connectivity index (χ0v) is 9.36. The Morgan fingerprint density at radius 1 is 1.50 bits per heavy atom. The average Bonchev–Trinajstić information content (AvgIpc) is 2.47. The molecule has 1 atom stereocenters. The number of aryl methyl sites for hydroxylation is 1. The molecular weight excluding hydrogens is 246 g/mol. The third-order valence-electron chi connectivity index (χ3n) is 2.12. The van der Waals surface area contributed by atoms with E-state index >= 15 is 0 Å². The molecule has 1 aliphatic rings. The number of amides is 1. The predicted molar refractivity (Wildman–Crippen MR) is 56.5 cm³/mol. The molecule has 1 aliphatic heterocycles. The number of hydrogen-bond donors (Lipinski definition) is 0. The molecule has 0 saturated carbocycles. The molecule has 4 nitrogen and oxygen atoms in total. The standard InChI is InChI=1S/C9H10BrN3O/c1-6-3-12-8(4-11-6)13-5-7(10)2-9(13)14/h3-4,7H,2,5H2,1H3. The lowest BCUT2D eigenvalue weighted by molar-refractivity contribution is -0.117. The normalized spacial score (nSPS) is 21.7. The van der Waals surface area contributed by atoms with Crippen LogP contribution in [0.4, 0.5) is 5.82 Å². The highest BCUT2D eigenvalue weighted by molar-refractivity contribution is 9.09. The molecule has 0 bridgehead atoms. The molecule has 0 N–H and O–H groups in total. The summed E-state index contributed by atoms with van der Waals surface area (Å²) < 4.78 is 0. The largest absolute Gasteiger partial charge is 0.294 e. The van der Waals surface area contributed by atoms with Crippen LogP contribution in [-0.2, 0) is 4.79 Å². The van der Waals surface area contributed by atoms with Crippen molar-refractivity contribution in [2.24, 2.45) is 0 Å². The monoisotopic (exact) mass is 255 g/mol. The first-order valence-electron chi connectivity index (χ1n) is 4.40. The van der Waals surface area contributed by atoms with E-state index in [0.717, 1.165) is 5.69 Å². The highest BCUT2D eigenvalue weighted by atomic mass is 79.9. The SMILES string of the molecule is Cc1cnc(N2CC(Br)CC2=O)cn1. The van der Waals surface area contributed by atoms with E-state index in [1.165, 1.54) is 0 Å². The van der Waals surface area contributed by atoms with Crippen LogP contribution in [0.25, 0.3) is 0 Å². The van der Waals surface area contributed by atoms with Crippen LogP contribution in [-0.4, -0.2) is 27.2 Å². The van der Waals surface area contributed by atoms with Crippen LogP contribution in [0, 0.1) is 6.92 Å². The summed E-state index contributed by atoms with van der Waals surface area (Å²) in [4.78, 5) is 21.7. The van der Waals surface area contributed by atoms with Crippen molar-refractivity contribution in [2.75, 3.05) is 11.4 Å². The Bertz CT molecular complexity index is 352. The summed E-state index contributed by atoms with van der Waals surface area (Å²) in [5.74, 6) is 0.743. The zero-order chi connectivity index (χ0) is 10.1. The number of alkyl halides is 1. The minimum Gasteiger partial charge on any atom is -0.294 e. The molecule has 5 heteroatoms. The second kappa shape index (κ2) is 3.65. The third-order valence-corrected chi connectivity index (χ3v) is 2.74. The zero-order valence-electron chi connectivity index (χ0n) is 7.77. The maximum Gasteiger partial charge on any atom is 0.229 e. The van der Waals surface area contributed by atoms with Gasteiger partial charge in [0, 0.05) is 17.8 Å². The fraction of sp³-hybridized carbons (Fsp3) is 0.444. The van der Waals surface area contributed by atoms with Crippen molar-refractivity contribution >= 4 is 27.7 Å². The van der Waals surface area contributed by atoms with Crippen LogP contribution in [0.15, 0.2) is 12.4 Å². The van der Waals surface area contributed by atoms with Gasteiger partial charge in [-0.1, -0.05) is 15.9 Å². The van der Waals surface area contributed by atoms with Crippen LogP contribution in [0.1, 0.15) is 12.1 Å². The van der Waals surface area contributed by atoms with E-state index in [4.69, 9.17) is 0 Å². The van der Waals surface area contributed by atoms with Gasteiger partial charge < -0.3 is 0 Å². The molecule has 1 saturated heterocycles. The lowest BCUT2D eigenvalue weighted by atomic mass is 10.4. The van der Waals surface area contributed by atoms with Gasteiger partial charge >= 0.3 is 0 Å². The molecule has 2 rings (SSSR count). The topological polar surface area (TPSA) is 46.1 Å². The average molecular weight is 256 g/mol. The molecule has 14 heavy (non-hydrogen) atoms. The smallest absolute Gasteiger partial charge is 0.229 e. The van der Waals surface area contributed by atoms with Gasteiger partial charge in [0.05, 0.1) is 18.1 Å². The molecule has 74 valence electrons. The van der Waals surface area contributed by atoms with Crippen LogP contribution in [0.2, 0.25) is 0 Å². The molecule has 0 radical (unpaired) electrons. The summed E-state index contributed by atoms with van der Waals surface area (Å²) >= 11 is 3.42. The minimum absolute atomic E-state index is 0.102. The van der Waals surface area contributed by atoms with E-state index in [1.54, 1.807) is 17.3 Å². The van der Waals surface area contributed by atoms with E-state index in [2.05, 4.69) is 25.9 Å². The van der Waals surface area contributed by atoms with E-state index in [9.17, 15) is 4.79 Å². The van der Waals surface area contributed by atoms with Gasteiger partial charge in [0.15, 0.2) is 5.82 Å². The summed E-state index contributed by atoms with van der Waals surface area (Å²) in [5.41, 5.74) is 0.857. The number of rotatable bonds is 1. The molecule has 1 amide bonds. The van der Waals surface area contributed by atoms with Gasteiger partial charge in [0.2, 0.25) is 5.91 Å². The molecule has 2 heterocycles. The van der Waals surface area contributed by atoms with Gasteiger partial charge in [-0.2, -0.15) is 0 Å². The van der Waals surface area contributed by atoms with E-state index < -0.39 is 0 Å². The molecule has 0 spiro atoms. The molecule has 1 aromatic heterocycles.